The SMILES string of the molecule is COc1ccc(Cc2ccc3ccccc3c2)c(C=CC(=O)NS(=O)(=O)c2cc(Br)ccc2OC)c1.[Na]. The molecule has 1 amide bonds. The second kappa shape index (κ2) is 12.8. The molecule has 0 aliphatic heterocycles. The van der Waals surface area contributed by atoms with Crippen molar-refractivity contribution in [3.63, 3.8) is 0 Å². The molecule has 37 heavy (non-hydrogen) atoms. The van der Waals surface area contributed by atoms with Crippen molar-refractivity contribution in [3.05, 3.63) is 106 Å². The van der Waals surface area contributed by atoms with Crippen LogP contribution in [0.4, 0.5) is 0 Å². The predicted octanol–water partition coefficient (Wildman–Crippen LogP) is 5.35. The van der Waals surface area contributed by atoms with Crippen LogP contribution >= 0.6 is 15.9 Å². The van der Waals surface area contributed by atoms with Crippen molar-refractivity contribution in [2.45, 2.75) is 11.3 Å². The summed E-state index contributed by atoms with van der Waals surface area (Å²) >= 11 is 3.25. The monoisotopic (exact) mass is 588 g/mol. The van der Waals surface area contributed by atoms with Gasteiger partial charge in [-0.05, 0) is 70.3 Å². The normalized spacial score (nSPS) is 11.2. The summed E-state index contributed by atoms with van der Waals surface area (Å²) in [5.41, 5.74) is 2.82. The molecule has 0 bridgehead atoms. The van der Waals surface area contributed by atoms with Crippen LogP contribution in [0.25, 0.3) is 16.8 Å². The Morgan fingerprint density at radius 1 is 0.919 bits per heavy atom. The molecule has 0 saturated heterocycles. The van der Waals surface area contributed by atoms with Gasteiger partial charge in [0.25, 0.3) is 15.9 Å². The Hall–Kier alpha value is -2.62. The van der Waals surface area contributed by atoms with E-state index in [1.807, 2.05) is 30.3 Å². The molecule has 1 N–H and O–H groups in total. The van der Waals surface area contributed by atoms with E-state index < -0.39 is 15.9 Å². The van der Waals surface area contributed by atoms with Crippen LogP contribution in [-0.4, -0.2) is 58.1 Å². The molecule has 4 rings (SSSR count). The number of carbonyl (C=O) groups excluding carboxylic acids is 1. The van der Waals surface area contributed by atoms with E-state index in [9.17, 15) is 13.2 Å². The summed E-state index contributed by atoms with van der Waals surface area (Å²) in [6.07, 6.45) is 3.41. The fraction of sp³-hybridized carbons (Fsp3) is 0.107. The molecular weight excluding hydrogens is 565 g/mol. The van der Waals surface area contributed by atoms with Gasteiger partial charge in [-0.1, -0.05) is 64.5 Å². The van der Waals surface area contributed by atoms with Crippen molar-refractivity contribution in [3.8, 4) is 11.5 Å². The van der Waals surface area contributed by atoms with Crippen LogP contribution in [-0.2, 0) is 21.2 Å². The first-order valence-electron chi connectivity index (χ1n) is 11.0. The molecule has 4 aromatic rings. The van der Waals surface area contributed by atoms with Crippen molar-refractivity contribution in [1.29, 1.82) is 0 Å². The molecule has 0 atom stereocenters. The fourth-order valence-corrected chi connectivity index (χ4v) is 5.49. The maximum Gasteiger partial charge on any atom is 0.268 e. The Balaban J connectivity index is 0.00000380. The third-order valence-electron chi connectivity index (χ3n) is 5.63. The Bertz CT molecular complexity index is 1570. The fourth-order valence-electron chi connectivity index (χ4n) is 3.83. The molecule has 0 fully saturated rings. The topological polar surface area (TPSA) is 81.7 Å². The molecule has 1 radical (unpaired) electrons. The minimum Gasteiger partial charge on any atom is -0.497 e. The first-order chi connectivity index (χ1) is 17.3. The Morgan fingerprint density at radius 3 is 2.41 bits per heavy atom. The van der Waals surface area contributed by atoms with Gasteiger partial charge >= 0.3 is 0 Å². The number of carbonyl (C=O) groups is 1. The third kappa shape index (κ3) is 7.24. The molecule has 0 aliphatic carbocycles. The van der Waals surface area contributed by atoms with Gasteiger partial charge < -0.3 is 9.47 Å². The van der Waals surface area contributed by atoms with Crippen LogP contribution in [0.3, 0.4) is 0 Å². The molecule has 0 unspecified atom stereocenters. The third-order valence-corrected chi connectivity index (χ3v) is 7.49. The predicted molar refractivity (Wildman–Crippen MR) is 151 cm³/mol. The molecule has 185 valence electrons. The minimum atomic E-state index is -4.15. The van der Waals surface area contributed by atoms with Crippen molar-refractivity contribution in [2.24, 2.45) is 0 Å². The van der Waals surface area contributed by atoms with Gasteiger partial charge in [0.2, 0.25) is 0 Å². The molecule has 4 aromatic carbocycles. The van der Waals surface area contributed by atoms with Gasteiger partial charge in [0.05, 0.1) is 14.2 Å². The summed E-state index contributed by atoms with van der Waals surface area (Å²) in [7, 11) is -1.22. The zero-order valence-electron chi connectivity index (χ0n) is 20.7. The number of fused-ring (bicyclic) bond motifs is 1. The van der Waals surface area contributed by atoms with E-state index >= 15 is 0 Å². The van der Waals surface area contributed by atoms with Gasteiger partial charge in [0.1, 0.15) is 16.4 Å². The molecule has 6 nitrogen and oxygen atoms in total. The second-order valence-corrected chi connectivity index (χ2v) is 10.6. The van der Waals surface area contributed by atoms with Crippen molar-refractivity contribution >= 4 is 78.3 Å². The molecule has 9 heteroatoms. The summed E-state index contributed by atoms with van der Waals surface area (Å²) < 4.78 is 38.7. The summed E-state index contributed by atoms with van der Waals surface area (Å²) in [6.45, 7) is 0. The number of sulfonamides is 1. The number of amides is 1. The van der Waals surface area contributed by atoms with Gasteiger partial charge in [-0.25, -0.2) is 13.1 Å². The van der Waals surface area contributed by atoms with Crippen molar-refractivity contribution in [1.82, 2.24) is 4.72 Å². The van der Waals surface area contributed by atoms with E-state index in [4.69, 9.17) is 9.47 Å². The first kappa shape index (κ1) is 28.9. The van der Waals surface area contributed by atoms with Crippen molar-refractivity contribution in [2.75, 3.05) is 14.2 Å². The van der Waals surface area contributed by atoms with Gasteiger partial charge in [0.15, 0.2) is 0 Å². The quantitative estimate of drug-likeness (QED) is 0.222. The van der Waals surface area contributed by atoms with E-state index in [1.165, 1.54) is 25.3 Å². The molecule has 0 saturated carbocycles. The number of nitrogens with one attached hydrogen (secondary N) is 1. The van der Waals surface area contributed by atoms with Crippen LogP contribution in [0.15, 0.2) is 94.3 Å². The summed E-state index contributed by atoms with van der Waals surface area (Å²) in [6, 6.07) is 24.6. The second-order valence-electron chi connectivity index (χ2n) is 8.02. The van der Waals surface area contributed by atoms with Gasteiger partial charge in [-0.2, -0.15) is 0 Å². The van der Waals surface area contributed by atoms with Crippen LogP contribution in [0.5, 0.6) is 11.5 Å². The summed E-state index contributed by atoms with van der Waals surface area (Å²) in [5.74, 6) is -0.0201. The number of hydrogen-bond donors (Lipinski definition) is 1. The molecule has 0 aromatic heterocycles. The van der Waals surface area contributed by atoms with Crippen LogP contribution in [0, 0.1) is 0 Å². The smallest absolute Gasteiger partial charge is 0.268 e. The van der Waals surface area contributed by atoms with Gasteiger partial charge in [-0.15, -0.1) is 0 Å². The van der Waals surface area contributed by atoms with E-state index in [0.29, 0.717) is 16.6 Å². The number of halogens is 1. The zero-order valence-corrected chi connectivity index (χ0v) is 25.1. The standard InChI is InChI=1S/C28H24BrNO5S.Na/c1-34-25-12-9-22(16-19-7-8-20-5-3-4-6-21(20)15-19)23(17-25)10-14-28(31)30-36(32,33)27-18-24(29)11-13-26(27)35-2;/h3-15,17-18H,16H2,1-2H3,(H,30,31);. The number of ether oxygens (including phenoxy) is 2. The van der Waals surface area contributed by atoms with E-state index in [2.05, 4.69) is 51.0 Å². The Morgan fingerprint density at radius 2 is 1.68 bits per heavy atom. The van der Waals surface area contributed by atoms with Crippen molar-refractivity contribution < 1.29 is 22.7 Å². The van der Waals surface area contributed by atoms with E-state index in [1.54, 1.807) is 19.3 Å². The van der Waals surface area contributed by atoms with Gasteiger partial charge in [0, 0.05) is 40.1 Å². The maximum atomic E-state index is 12.8. The average Bonchev–Trinajstić information content (AvgIpc) is 2.87. The van der Waals surface area contributed by atoms with Crippen LogP contribution in [0.1, 0.15) is 16.7 Å². The Kier molecular flexibility index (Phi) is 9.98. The number of benzene rings is 4. The zero-order chi connectivity index (χ0) is 25.7. The summed E-state index contributed by atoms with van der Waals surface area (Å²) in [5, 5.41) is 2.31. The molecule has 0 aliphatic rings. The molecular formula is C28H24BrNNaO5S. The largest absolute Gasteiger partial charge is 0.497 e. The van der Waals surface area contributed by atoms with E-state index in [-0.39, 0.29) is 40.2 Å². The maximum absolute atomic E-state index is 12.8. The minimum absolute atomic E-state index is 0. The number of methoxy groups -OCH3 is 2. The molecule has 0 heterocycles. The van der Waals surface area contributed by atoms with Crippen LogP contribution < -0.4 is 14.2 Å². The first-order valence-corrected chi connectivity index (χ1v) is 13.3. The van der Waals surface area contributed by atoms with Gasteiger partial charge in [-0.3, -0.25) is 4.79 Å². The van der Waals surface area contributed by atoms with Crippen LogP contribution in [0.2, 0.25) is 0 Å². The number of rotatable bonds is 8. The average molecular weight is 589 g/mol. The number of hydrogen-bond acceptors (Lipinski definition) is 5. The summed E-state index contributed by atoms with van der Waals surface area (Å²) in [4.78, 5) is 12.5. The Labute approximate surface area is 247 Å². The van der Waals surface area contributed by atoms with E-state index in [0.717, 1.165) is 27.5 Å². The molecule has 0 spiro atoms.